The second kappa shape index (κ2) is 6.78. The zero-order valence-electron chi connectivity index (χ0n) is 11.6. The van der Waals surface area contributed by atoms with E-state index in [1.807, 2.05) is 25.7 Å². The van der Waals surface area contributed by atoms with E-state index in [0.717, 1.165) is 6.42 Å². The smallest absolute Gasteiger partial charge is 0.254 e. The van der Waals surface area contributed by atoms with Crippen molar-refractivity contribution < 1.29 is 10.0 Å². The molecule has 0 saturated heterocycles. The van der Waals surface area contributed by atoms with Crippen molar-refractivity contribution in [2.75, 3.05) is 6.54 Å². The maximum absolute atomic E-state index is 12.4. The number of nitrogens with two attached hydrogens (primary N) is 1. The van der Waals surface area contributed by atoms with Crippen molar-refractivity contribution >= 4 is 11.7 Å². The second-order valence-electron chi connectivity index (χ2n) is 4.41. The molecule has 5 heteroatoms. The molecule has 0 spiro atoms. The van der Waals surface area contributed by atoms with Crippen LogP contribution >= 0.6 is 0 Å². The van der Waals surface area contributed by atoms with Gasteiger partial charge in [-0.15, -0.1) is 0 Å². The summed E-state index contributed by atoms with van der Waals surface area (Å²) in [5.41, 5.74) is 6.62. The van der Waals surface area contributed by atoms with Crippen LogP contribution in [0.3, 0.4) is 0 Å². The fraction of sp³-hybridized carbons (Fsp3) is 0.429. The largest absolute Gasteiger partial charge is 0.409 e. The molecule has 1 aromatic rings. The Morgan fingerprint density at radius 3 is 2.58 bits per heavy atom. The maximum atomic E-state index is 12.4. The molecule has 0 bridgehead atoms. The summed E-state index contributed by atoms with van der Waals surface area (Å²) < 4.78 is 0. The average molecular weight is 263 g/mol. The highest BCUT2D eigenvalue weighted by Gasteiger charge is 2.19. The summed E-state index contributed by atoms with van der Waals surface area (Å²) >= 11 is 0. The highest BCUT2D eigenvalue weighted by Crippen LogP contribution is 2.12. The molecule has 1 unspecified atom stereocenters. The SMILES string of the molecule is CCC(C)N(CC)C(=O)c1cccc(/C(N)=N/O)c1. The summed E-state index contributed by atoms with van der Waals surface area (Å²) in [7, 11) is 0. The summed E-state index contributed by atoms with van der Waals surface area (Å²) in [4.78, 5) is 14.2. The third-order valence-corrected chi connectivity index (χ3v) is 3.24. The van der Waals surface area contributed by atoms with Gasteiger partial charge in [-0.3, -0.25) is 4.79 Å². The number of carbonyl (C=O) groups excluding carboxylic acids is 1. The van der Waals surface area contributed by atoms with Crippen molar-refractivity contribution in [1.29, 1.82) is 0 Å². The van der Waals surface area contributed by atoms with Crippen LogP contribution in [0.15, 0.2) is 29.4 Å². The normalized spacial score (nSPS) is 13.1. The molecule has 3 N–H and O–H groups in total. The van der Waals surface area contributed by atoms with Gasteiger partial charge in [0.15, 0.2) is 5.84 Å². The highest BCUT2D eigenvalue weighted by atomic mass is 16.4. The molecular formula is C14H21N3O2. The molecule has 1 aromatic carbocycles. The van der Waals surface area contributed by atoms with Crippen LogP contribution < -0.4 is 5.73 Å². The molecule has 1 amide bonds. The number of amides is 1. The van der Waals surface area contributed by atoms with Gasteiger partial charge in [0.1, 0.15) is 0 Å². The first-order valence-electron chi connectivity index (χ1n) is 6.44. The summed E-state index contributed by atoms with van der Waals surface area (Å²) in [5, 5.41) is 11.6. The van der Waals surface area contributed by atoms with Gasteiger partial charge in [0.25, 0.3) is 5.91 Å². The first kappa shape index (κ1) is 15.0. The molecule has 0 fully saturated rings. The van der Waals surface area contributed by atoms with Gasteiger partial charge in [0.05, 0.1) is 0 Å². The molecule has 0 radical (unpaired) electrons. The van der Waals surface area contributed by atoms with Crippen LogP contribution in [0.4, 0.5) is 0 Å². The van der Waals surface area contributed by atoms with E-state index in [2.05, 4.69) is 5.16 Å². The Balaban J connectivity index is 3.05. The third-order valence-electron chi connectivity index (χ3n) is 3.24. The molecule has 104 valence electrons. The van der Waals surface area contributed by atoms with Gasteiger partial charge < -0.3 is 15.8 Å². The first-order chi connectivity index (χ1) is 9.04. The summed E-state index contributed by atoms with van der Waals surface area (Å²) in [5.74, 6) is -0.0364. The predicted molar refractivity (Wildman–Crippen MR) is 75.4 cm³/mol. The molecular weight excluding hydrogens is 242 g/mol. The average Bonchev–Trinajstić information content (AvgIpc) is 2.46. The maximum Gasteiger partial charge on any atom is 0.254 e. The van der Waals surface area contributed by atoms with Crippen molar-refractivity contribution in [2.45, 2.75) is 33.2 Å². The van der Waals surface area contributed by atoms with Gasteiger partial charge in [-0.05, 0) is 32.4 Å². The van der Waals surface area contributed by atoms with E-state index in [-0.39, 0.29) is 17.8 Å². The lowest BCUT2D eigenvalue weighted by atomic mass is 10.1. The number of hydrogen-bond donors (Lipinski definition) is 2. The molecule has 5 nitrogen and oxygen atoms in total. The molecule has 0 aliphatic carbocycles. The Morgan fingerprint density at radius 1 is 1.42 bits per heavy atom. The van der Waals surface area contributed by atoms with Gasteiger partial charge in [-0.2, -0.15) is 0 Å². The van der Waals surface area contributed by atoms with E-state index in [4.69, 9.17) is 10.9 Å². The van der Waals surface area contributed by atoms with E-state index >= 15 is 0 Å². The predicted octanol–water partition coefficient (Wildman–Crippen LogP) is 2.04. The van der Waals surface area contributed by atoms with Crippen molar-refractivity contribution in [2.24, 2.45) is 10.9 Å². The number of nitrogens with zero attached hydrogens (tertiary/aromatic N) is 2. The van der Waals surface area contributed by atoms with Gasteiger partial charge >= 0.3 is 0 Å². The van der Waals surface area contributed by atoms with E-state index in [0.29, 0.717) is 17.7 Å². The highest BCUT2D eigenvalue weighted by molar-refractivity contribution is 6.01. The van der Waals surface area contributed by atoms with E-state index in [9.17, 15) is 4.79 Å². The van der Waals surface area contributed by atoms with E-state index in [1.54, 1.807) is 24.3 Å². The molecule has 1 atom stereocenters. The molecule has 0 aliphatic rings. The van der Waals surface area contributed by atoms with Gasteiger partial charge in [-0.25, -0.2) is 0 Å². The first-order valence-corrected chi connectivity index (χ1v) is 6.44. The monoisotopic (exact) mass is 263 g/mol. The Labute approximate surface area is 113 Å². The number of amidine groups is 1. The van der Waals surface area contributed by atoms with Crippen molar-refractivity contribution in [1.82, 2.24) is 4.90 Å². The van der Waals surface area contributed by atoms with Crippen LogP contribution in [0.5, 0.6) is 0 Å². The molecule has 0 aliphatic heterocycles. The number of oxime groups is 1. The van der Waals surface area contributed by atoms with Crippen molar-refractivity contribution in [3.8, 4) is 0 Å². The molecule has 0 heterocycles. The Kier molecular flexibility index (Phi) is 5.36. The number of rotatable bonds is 5. The Morgan fingerprint density at radius 2 is 2.05 bits per heavy atom. The molecule has 0 saturated carbocycles. The lowest BCUT2D eigenvalue weighted by Crippen LogP contribution is -2.38. The lowest BCUT2D eigenvalue weighted by molar-refractivity contribution is 0.0700. The topological polar surface area (TPSA) is 78.9 Å². The minimum Gasteiger partial charge on any atom is -0.409 e. The van der Waals surface area contributed by atoms with Crippen LogP contribution in [0.2, 0.25) is 0 Å². The second-order valence-corrected chi connectivity index (χ2v) is 4.41. The summed E-state index contributed by atoms with van der Waals surface area (Å²) in [6.45, 7) is 6.68. The summed E-state index contributed by atoms with van der Waals surface area (Å²) in [6, 6.07) is 6.99. The third kappa shape index (κ3) is 3.47. The number of benzene rings is 1. The molecule has 19 heavy (non-hydrogen) atoms. The Hall–Kier alpha value is -2.04. The minimum absolute atomic E-state index is 0.00115. The number of carbonyl (C=O) groups is 1. The lowest BCUT2D eigenvalue weighted by Gasteiger charge is -2.27. The Bertz CT molecular complexity index is 472. The van der Waals surface area contributed by atoms with Crippen LogP contribution in [0.1, 0.15) is 43.1 Å². The van der Waals surface area contributed by atoms with Gasteiger partial charge in [0, 0.05) is 23.7 Å². The fourth-order valence-corrected chi connectivity index (χ4v) is 1.91. The molecule has 1 rings (SSSR count). The zero-order chi connectivity index (χ0) is 14.4. The quantitative estimate of drug-likeness (QED) is 0.369. The van der Waals surface area contributed by atoms with Crippen molar-refractivity contribution in [3.05, 3.63) is 35.4 Å². The van der Waals surface area contributed by atoms with E-state index < -0.39 is 0 Å². The minimum atomic E-state index is -0.0376. The van der Waals surface area contributed by atoms with E-state index in [1.165, 1.54) is 0 Å². The van der Waals surface area contributed by atoms with Gasteiger partial charge in [0.2, 0.25) is 0 Å². The number of hydrogen-bond acceptors (Lipinski definition) is 3. The van der Waals surface area contributed by atoms with Crippen LogP contribution in [-0.4, -0.2) is 34.4 Å². The van der Waals surface area contributed by atoms with Crippen molar-refractivity contribution in [3.63, 3.8) is 0 Å². The van der Waals surface area contributed by atoms with Crippen LogP contribution in [-0.2, 0) is 0 Å². The van der Waals surface area contributed by atoms with Gasteiger partial charge in [-0.1, -0.05) is 24.2 Å². The standard InChI is InChI=1S/C14H21N3O2/c1-4-10(3)17(5-2)14(18)12-8-6-7-11(9-12)13(15)16-19/h6-10,19H,4-5H2,1-3H3,(H2,15,16). The van der Waals surface area contributed by atoms with Crippen LogP contribution in [0, 0.1) is 0 Å². The van der Waals surface area contributed by atoms with Crippen LogP contribution in [0.25, 0.3) is 0 Å². The fourth-order valence-electron chi connectivity index (χ4n) is 1.91. The zero-order valence-corrected chi connectivity index (χ0v) is 11.6. The molecule has 0 aromatic heterocycles. The summed E-state index contributed by atoms with van der Waals surface area (Å²) in [6.07, 6.45) is 0.902.